The van der Waals surface area contributed by atoms with Crippen molar-refractivity contribution < 1.29 is 0 Å². The first-order valence-corrected chi connectivity index (χ1v) is 7.77. The minimum atomic E-state index is -0.135. The summed E-state index contributed by atoms with van der Waals surface area (Å²) < 4.78 is 1.46. The van der Waals surface area contributed by atoms with Crippen LogP contribution in [-0.4, -0.2) is 19.7 Å². The molecule has 3 rings (SSSR count). The lowest BCUT2D eigenvalue weighted by Gasteiger charge is -2.14. The van der Waals surface area contributed by atoms with Gasteiger partial charge in [0.2, 0.25) is 5.95 Å². The maximum Gasteiger partial charge on any atom is 0.267 e. The molecule has 0 aliphatic heterocycles. The molecule has 24 heavy (non-hydrogen) atoms. The molecule has 0 spiro atoms. The molecule has 2 aromatic heterocycles. The average Bonchev–Trinajstić information content (AvgIpc) is 2.55. The van der Waals surface area contributed by atoms with Gasteiger partial charge in [0, 0.05) is 17.2 Å². The molecule has 3 aromatic rings. The van der Waals surface area contributed by atoms with Crippen LogP contribution in [0.5, 0.6) is 0 Å². The van der Waals surface area contributed by atoms with Gasteiger partial charge in [-0.2, -0.15) is 5.10 Å². The first-order chi connectivity index (χ1) is 11.5. The van der Waals surface area contributed by atoms with Crippen molar-refractivity contribution in [1.29, 1.82) is 0 Å². The van der Waals surface area contributed by atoms with Crippen molar-refractivity contribution in [1.82, 2.24) is 19.7 Å². The molecule has 0 unspecified atom stereocenters. The quantitative estimate of drug-likeness (QED) is 0.801. The minimum absolute atomic E-state index is 0.0346. The molecule has 122 valence electrons. The molecule has 6 heteroatoms. The van der Waals surface area contributed by atoms with E-state index >= 15 is 0 Å². The first kappa shape index (κ1) is 15.9. The highest BCUT2D eigenvalue weighted by Crippen LogP contribution is 2.31. The number of anilines is 1. The highest BCUT2D eigenvalue weighted by Gasteiger charge is 2.17. The number of hydrogen-bond acceptors (Lipinski definition) is 5. The summed E-state index contributed by atoms with van der Waals surface area (Å²) in [5, 5.41) is 4.50. The molecule has 1 aromatic carbocycles. The third-order valence-corrected chi connectivity index (χ3v) is 3.72. The summed E-state index contributed by atoms with van der Waals surface area (Å²) in [5.41, 5.74) is 9.51. The first-order valence-electron chi connectivity index (χ1n) is 7.77. The minimum Gasteiger partial charge on any atom is -0.368 e. The van der Waals surface area contributed by atoms with Crippen LogP contribution in [0, 0.1) is 6.92 Å². The number of nitrogens with zero attached hydrogens (tertiary/aromatic N) is 4. The van der Waals surface area contributed by atoms with Gasteiger partial charge in [-0.05, 0) is 26.8 Å². The fourth-order valence-electron chi connectivity index (χ4n) is 2.63. The van der Waals surface area contributed by atoms with E-state index in [2.05, 4.69) is 15.1 Å². The van der Waals surface area contributed by atoms with Crippen LogP contribution in [0.15, 0.2) is 47.3 Å². The van der Waals surface area contributed by atoms with Crippen LogP contribution in [0.3, 0.4) is 0 Å². The van der Waals surface area contributed by atoms with Crippen molar-refractivity contribution in [2.75, 3.05) is 5.73 Å². The predicted molar refractivity (Wildman–Crippen MR) is 94.5 cm³/mol. The predicted octanol–water partition coefficient (Wildman–Crippen LogP) is 2.84. The molecule has 0 saturated heterocycles. The Bertz CT molecular complexity index is 932. The zero-order valence-corrected chi connectivity index (χ0v) is 13.9. The maximum absolute atomic E-state index is 12.0. The summed E-state index contributed by atoms with van der Waals surface area (Å²) in [6.07, 6.45) is 0. The molecule has 2 heterocycles. The summed E-state index contributed by atoms with van der Waals surface area (Å²) in [5.74, 6) is 0.215. The standard InChI is InChI=1S/C18H19N5O/c1-11(2)23-15(24)10-9-14(22-23)16-12(3)20-18(19)21-17(16)13-7-5-4-6-8-13/h4-11H,1-3H3,(H2,19,20,21). The van der Waals surface area contributed by atoms with Crippen LogP contribution in [0.1, 0.15) is 25.6 Å². The fourth-order valence-corrected chi connectivity index (χ4v) is 2.63. The van der Waals surface area contributed by atoms with Gasteiger partial charge < -0.3 is 5.73 Å². The number of aryl methyl sites for hydroxylation is 1. The molecule has 2 N–H and O–H groups in total. The Kier molecular flexibility index (Phi) is 4.12. The lowest BCUT2D eigenvalue weighted by atomic mass is 10.0. The largest absolute Gasteiger partial charge is 0.368 e. The molecule has 0 fully saturated rings. The number of rotatable bonds is 3. The molecule has 0 radical (unpaired) electrons. The van der Waals surface area contributed by atoms with Gasteiger partial charge in [-0.15, -0.1) is 0 Å². The van der Waals surface area contributed by atoms with Crippen LogP contribution in [-0.2, 0) is 0 Å². The summed E-state index contributed by atoms with van der Waals surface area (Å²) in [6.45, 7) is 5.71. The summed E-state index contributed by atoms with van der Waals surface area (Å²) in [4.78, 5) is 20.7. The smallest absolute Gasteiger partial charge is 0.267 e. The Labute approximate surface area is 140 Å². The van der Waals surface area contributed by atoms with Crippen LogP contribution in [0.4, 0.5) is 5.95 Å². The SMILES string of the molecule is Cc1nc(N)nc(-c2ccccc2)c1-c1ccc(=O)n(C(C)C)n1. The van der Waals surface area contributed by atoms with Gasteiger partial charge in [0.25, 0.3) is 5.56 Å². The number of hydrogen-bond donors (Lipinski definition) is 1. The highest BCUT2D eigenvalue weighted by atomic mass is 16.1. The Hall–Kier alpha value is -3.02. The average molecular weight is 321 g/mol. The fraction of sp³-hybridized carbons (Fsp3) is 0.222. The second-order valence-electron chi connectivity index (χ2n) is 5.85. The van der Waals surface area contributed by atoms with Crippen LogP contribution < -0.4 is 11.3 Å². The van der Waals surface area contributed by atoms with E-state index in [1.807, 2.05) is 51.1 Å². The van der Waals surface area contributed by atoms with Crippen molar-refractivity contribution in [2.45, 2.75) is 26.8 Å². The van der Waals surface area contributed by atoms with E-state index in [0.29, 0.717) is 11.4 Å². The molecule has 0 saturated carbocycles. The van der Waals surface area contributed by atoms with Gasteiger partial charge >= 0.3 is 0 Å². The van der Waals surface area contributed by atoms with Crippen molar-refractivity contribution in [3.8, 4) is 22.5 Å². The second-order valence-corrected chi connectivity index (χ2v) is 5.85. The van der Waals surface area contributed by atoms with E-state index in [-0.39, 0.29) is 17.5 Å². The Morgan fingerprint density at radius 3 is 2.42 bits per heavy atom. The second kappa shape index (κ2) is 6.23. The molecule has 0 aliphatic carbocycles. The zero-order chi connectivity index (χ0) is 17.3. The number of benzene rings is 1. The molecule has 0 atom stereocenters. The van der Waals surface area contributed by atoms with Crippen molar-refractivity contribution >= 4 is 5.95 Å². The third kappa shape index (κ3) is 2.90. The topological polar surface area (TPSA) is 86.7 Å². The number of aromatic nitrogens is 4. The number of nitrogens with two attached hydrogens (primary N) is 1. The number of nitrogen functional groups attached to an aromatic ring is 1. The highest BCUT2D eigenvalue weighted by molar-refractivity contribution is 5.80. The molecule has 6 nitrogen and oxygen atoms in total. The van der Waals surface area contributed by atoms with Crippen LogP contribution in [0.25, 0.3) is 22.5 Å². The van der Waals surface area contributed by atoms with Gasteiger partial charge in [-0.3, -0.25) is 4.79 Å². The molecule has 0 bridgehead atoms. The van der Waals surface area contributed by atoms with E-state index in [9.17, 15) is 4.79 Å². The Morgan fingerprint density at radius 2 is 1.75 bits per heavy atom. The van der Waals surface area contributed by atoms with Crippen LogP contribution in [0.2, 0.25) is 0 Å². The summed E-state index contributed by atoms with van der Waals surface area (Å²) >= 11 is 0. The molecular formula is C18H19N5O. The van der Waals surface area contributed by atoms with Gasteiger partial charge in [0.1, 0.15) is 0 Å². The lowest BCUT2D eigenvalue weighted by Crippen LogP contribution is -2.24. The Balaban J connectivity index is 2.29. The van der Waals surface area contributed by atoms with Crippen LogP contribution >= 0.6 is 0 Å². The van der Waals surface area contributed by atoms with Gasteiger partial charge in [-0.25, -0.2) is 14.6 Å². The summed E-state index contributed by atoms with van der Waals surface area (Å²) in [6, 6.07) is 12.9. The molecule has 0 aliphatic rings. The van der Waals surface area contributed by atoms with E-state index in [1.54, 1.807) is 6.07 Å². The lowest BCUT2D eigenvalue weighted by molar-refractivity contribution is 0.505. The monoisotopic (exact) mass is 321 g/mol. The molecule has 0 amide bonds. The van der Waals surface area contributed by atoms with E-state index in [0.717, 1.165) is 16.8 Å². The van der Waals surface area contributed by atoms with Gasteiger partial charge in [0.05, 0.1) is 23.1 Å². The van der Waals surface area contributed by atoms with E-state index in [4.69, 9.17) is 5.73 Å². The third-order valence-electron chi connectivity index (χ3n) is 3.72. The van der Waals surface area contributed by atoms with E-state index in [1.165, 1.54) is 10.7 Å². The molecular weight excluding hydrogens is 302 g/mol. The maximum atomic E-state index is 12.0. The van der Waals surface area contributed by atoms with Crippen molar-refractivity contribution in [3.05, 3.63) is 58.5 Å². The Morgan fingerprint density at radius 1 is 1.04 bits per heavy atom. The van der Waals surface area contributed by atoms with Crippen molar-refractivity contribution in [2.24, 2.45) is 0 Å². The zero-order valence-electron chi connectivity index (χ0n) is 13.9. The van der Waals surface area contributed by atoms with Gasteiger partial charge in [-0.1, -0.05) is 30.3 Å². The van der Waals surface area contributed by atoms with E-state index < -0.39 is 0 Å². The van der Waals surface area contributed by atoms with Gasteiger partial charge in [0.15, 0.2) is 0 Å². The normalized spacial score (nSPS) is 11.0. The summed E-state index contributed by atoms with van der Waals surface area (Å²) in [7, 11) is 0. The van der Waals surface area contributed by atoms with Crippen molar-refractivity contribution in [3.63, 3.8) is 0 Å².